The van der Waals surface area contributed by atoms with E-state index in [1.54, 1.807) is 6.07 Å². The average Bonchev–Trinajstić information content (AvgIpc) is 2.03. The van der Waals surface area contributed by atoms with E-state index in [2.05, 4.69) is 0 Å². The molecule has 0 aliphatic heterocycles. The van der Waals surface area contributed by atoms with Gasteiger partial charge in [-0.25, -0.2) is 4.39 Å². The van der Waals surface area contributed by atoms with Gasteiger partial charge in [0.05, 0.1) is 0 Å². The molecule has 0 spiro atoms. The molecule has 0 atom stereocenters. The monoisotopic (exact) mass is 180 g/mol. The van der Waals surface area contributed by atoms with Gasteiger partial charge in [0.25, 0.3) is 0 Å². The highest BCUT2D eigenvalue weighted by molar-refractivity contribution is 5.75. The van der Waals surface area contributed by atoms with Gasteiger partial charge in [-0.2, -0.15) is 0 Å². The average molecular weight is 180 g/mol. The number of hydrogen-bond acceptors (Lipinski definition) is 1. The van der Waals surface area contributed by atoms with Crippen molar-refractivity contribution < 1.29 is 9.18 Å². The van der Waals surface area contributed by atoms with Gasteiger partial charge in [0.1, 0.15) is 11.6 Å². The molecule has 1 nitrogen and oxygen atoms in total. The zero-order valence-electron chi connectivity index (χ0n) is 7.93. The van der Waals surface area contributed by atoms with E-state index in [0.717, 1.165) is 5.56 Å². The van der Waals surface area contributed by atoms with Crippen LogP contribution in [0, 0.1) is 12.7 Å². The fourth-order valence-corrected chi connectivity index (χ4v) is 1.28. The van der Waals surface area contributed by atoms with Crippen molar-refractivity contribution in [2.24, 2.45) is 0 Å². The highest BCUT2D eigenvalue weighted by atomic mass is 19.1. The second-order valence-electron chi connectivity index (χ2n) is 3.24. The first-order valence-electron chi connectivity index (χ1n) is 4.34. The van der Waals surface area contributed by atoms with Crippen LogP contribution >= 0.6 is 0 Å². The summed E-state index contributed by atoms with van der Waals surface area (Å²) in [5, 5.41) is 0. The predicted octanol–water partition coefficient (Wildman–Crippen LogP) is 2.66. The molecule has 13 heavy (non-hydrogen) atoms. The van der Waals surface area contributed by atoms with Crippen molar-refractivity contribution in [3.8, 4) is 0 Å². The Morgan fingerprint density at radius 3 is 2.69 bits per heavy atom. The number of benzene rings is 1. The van der Waals surface area contributed by atoms with Crippen molar-refractivity contribution in [2.45, 2.75) is 26.7 Å². The van der Waals surface area contributed by atoms with Crippen LogP contribution in [0.4, 0.5) is 4.39 Å². The summed E-state index contributed by atoms with van der Waals surface area (Å²) in [5.41, 5.74) is 1.58. The standard InChI is InChI=1S/C11H13FO/c1-8-4-3-5-11(12)10(8)7-6-9(2)13/h3-5H,6-7H2,1-2H3. The number of ketones is 1. The summed E-state index contributed by atoms with van der Waals surface area (Å²) >= 11 is 0. The Kier molecular flexibility index (Phi) is 3.18. The number of aryl methyl sites for hydroxylation is 1. The van der Waals surface area contributed by atoms with E-state index in [-0.39, 0.29) is 11.6 Å². The fraction of sp³-hybridized carbons (Fsp3) is 0.364. The summed E-state index contributed by atoms with van der Waals surface area (Å²) in [6.07, 6.45) is 0.926. The molecule has 1 aromatic rings. The molecular weight excluding hydrogens is 167 g/mol. The Balaban J connectivity index is 2.81. The Labute approximate surface area is 77.6 Å². The molecule has 0 fully saturated rings. The van der Waals surface area contributed by atoms with Crippen LogP contribution in [0.15, 0.2) is 18.2 Å². The van der Waals surface area contributed by atoms with E-state index in [1.165, 1.54) is 13.0 Å². The van der Waals surface area contributed by atoms with Gasteiger partial charge in [0, 0.05) is 6.42 Å². The number of carbonyl (C=O) groups excluding carboxylic acids is 1. The minimum atomic E-state index is -0.207. The lowest BCUT2D eigenvalue weighted by Crippen LogP contribution is -1.99. The van der Waals surface area contributed by atoms with Crippen molar-refractivity contribution >= 4 is 5.78 Å². The zero-order valence-corrected chi connectivity index (χ0v) is 7.93. The maximum Gasteiger partial charge on any atom is 0.130 e. The minimum Gasteiger partial charge on any atom is -0.300 e. The Hall–Kier alpha value is -1.18. The Bertz CT molecular complexity index is 298. The number of halogens is 1. The molecule has 0 aromatic heterocycles. The van der Waals surface area contributed by atoms with Crippen molar-refractivity contribution in [1.29, 1.82) is 0 Å². The molecule has 0 aliphatic rings. The molecule has 0 N–H and O–H groups in total. The summed E-state index contributed by atoms with van der Waals surface area (Å²) in [4.78, 5) is 10.7. The van der Waals surface area contributed by atoms with E-state index in [0.29, 0.717) is 18.4 Å². The normalized spacial score (nSPS) is 10.1. The molecule has 0 saturated carbocycles. The third-order valence-corrected chi connectivity index (χ3v) is 2.08. The molecule has 0 heterocycles. The summed E-state index contributed by atoms with van der Waals surface area (Å²) in [6, 6.07) is 4.98. The van der Waals surface area contributed by atoms with Crippen molar-refractivity contribution in [2.75, 3.05) is 0 Å². The summed E-state index contributed by atoms with van der Waals surface area (Å²) in [7, 11) is 0. The second kappa shape index (κ2) is 4.17. The molecule has 0 saturated heterocycles. The highest BCUT2D eigenvalue weighted by Crippen LogP contribution is 2.14. The highest BCUT2D eigenvalue weighted by Gasteiger charge is 2.05. The number of hydrogen-bond donors (Lipinski definition) is 0. The van der Waals surface area contributed by atoms with Gasteiger partial charge in [0.15, 0.2) is 0 Å². The third-order valence-electron chi connectivity index (χ3n) is 2.08. The molecule has 70 valence electrons. The van der Waals surface area contributed by atoms with Crippen molar-refractivity contribution in [1.82, 2.24) is 0 Å². The fourth-order valence-electron chi connectivity index (χ4n) is 1.28. The van der Waals surface area contributed by atoms with Crippen LogP contribution in [-0.4, -0.2) is 5.78 Å². The molecule has 1 rings (SSSR count). The Morgan fingerprint density at radius 1 is 1.46 bits per heavy atom. The molecule has 0 aliphatic carbocycles. The number of Topliss-reactive ketones (excluding diaryl/α,β-unsaturated/α-hetero) is 1. The van der Waals surface area contributed by atoms with E-state index >= 15 is 0 Å². The van der Waals surface area contributed by atoms with Gasteiger partial charge in [-0.05, 0) is 37.5 Å². The second-order valence-corrected chi connectivity index (χ2v) is 3.24. The van der Waals surface area contributed by atoms with Gasteiger partial charge in [0.2, 0.25) is 0 Å². The van der Waals surface area contributed by atoms with Crippen LogP contribution in [-0.2, 0) is 11.2 Å². The first kappa shape index (κ1) is 9.90. The number of rotatable bonds is 3. The SMILES string of the molecule is CC(=O)CCc1c(C)cccc1F. The van der Waals surface area contributed by atoms with Gasteiger partial charge in [-0.3, -0.25) is 0 Å². The zero-order chi connectivity index (χ0) is 9.84. The lowest BCUT2D eigenvalue weighted by molar-refractivity contribution is -0.116. The molecule has 0 unspecified atom stereocenters. The number of carbonyl (C=O) groups is 1. The van der Waals surface area contributed by atoms with E-state index in [9.17, 15) is 9.18 Å². The van der Waals surface area contributed by atoms with Gasteiger partial charge in [-0.15, -0.1) is 0 Å². The van der Waals surface area contributed by atoms with E-state index in [1.807, 2.05) is 13.0 Å². The lowest BCUT2D eigenvalue weighted by atomic mass is 10.0. The molecule has 0 bridgehead atoms. The lowest BCUT2D eigenvalue weighted by Gasteiger charge is -2.04. The Morgan fingerprint density at radius 2 is 2.15 bits per heavy atom. The van der Waals surface area contributed by atoms with Crippen molar-refractivity contribution in [3.05, 3.63) is 35.1 Å². The maximum atomic E-state index is 13.2. The summed E-state index contributed by atoms with van der Waals surface area (Å²) in [5.74, 6) is -0.107. The molecule has 1 aromatic carbocycles. The maximum absolute atomic E-state index is 13.2. The minimum absolute atomic E-state index is 0.0997. The molecule has 2 heteroatoms. The van der Waals surface area contributed by atoms with Crippen LogP contribution < -0.4 is 0 Å². The first-order valence-corrected chi connectivity index (χ1v) is 4.34. The third kappa shape index (κ3) is 2.65. The predicted molar refractivity (Wildman–Crippen MR) is 50.1 cm³/mol. The quantitative estimate of drug-likeness (QED) is 0.698. The van der Waals surface area contributed by atoms with Crippen molar-refractivity contribution in [3.63, 3.8) is 0 Å². The van der Waals surface area contributed by atoms with E-state index in [4.69, 9.17) is 0 Å². The van der Waals surface area contributed by atoms with Crippen LogP contribution in [0.1, 0.15) is 24.5 Å². The topological polar surface area (TPSA) is 17.1 Å². The van der Waals surface area contributed by atoms with Crippen LogP contribution in [0.2, 0.25) is 0 Å². The summed E-state index contributed by atoms with van der Waals surface area (Å²) < 4.78 is 13.2. The molecule has 0 radical (unpaired) electrons. The first-order chi connectivity index (χ1) is 6.11. The van der Waals surface area contributed by atoms with Crippen LogP contribution in [0.5, 0.6) is 0 Å². The van der Waals surface area contributed by atoms with Gasteiger partial charge in [-0.1, -0.05) is 12.1 Å². The van der Waals surface area contributed by atoms with Crippen LogP contribution in [0.25, 0.3) is 0 Å². The smallest absolute Gasteiger partial charge is 0.130 e. The molecule has 0 amide bonds. The van der Waals surface area contributed by atoms with Gasteiger partial charge < -0.3 is 4.79 Å². The van der Waals surface area contributed by atoms with Crippen LogP contribution in [0.3, 0.4) is 0 Å². The van der Waals surface area contributed by atoms with Gasteiger partial charge >= 0.3 is 0 Å². The largest absolute Gasteiger partial charge is 0.300 e. The molecular formula is C11H13FO. The summed E-state index contributed by atoms with van der Waals surface area (Å²) in [6.45, 7) is 3.38. The van der Waals surface area contributed by atoms with E-state index < -0.39 is 0 Å².